The number of piperidine rings is 1. The standard InChI is InChI=1S/C26H36N6O/c1-17-8-6-12-27-25(17)29-20-14-18(2)28-23(15-20)19-9-7-13-32(16-19)26(33)24-21-10-4-3-5-11-22(21)30-31-24/h6,8,12,14-15,19,21-22,24,30-31H,3-5,7,9-11,13,16H2,1-2H3,(H,27,28,29). The average Bonchev–Trinajstić information content (AvgIpc) is 3.07. The van der Waals surface area contributed by atoms with Crippen LogP contribution in [0.4, 0.5) is 11.5 Å². The van der Waals surface area contributed by atoms with Crippen LogP contribution in [0, 0.1) is 19.8 Å². The number of carbonyl (C=O) groups is 1. The molecule has 0 aromatic carbocycles. The van der Waals surface area contributed by atoms with Crippen LogP contribution in [0.15, 0.2) is 30.5 Å². The predicted molar refractivity (Wildman–Crippen MR) is 130 cm³/mol. The number of nitrogens with zero attached hydrogens (tertiary/aromatic N) is 3. The number of pyridine rings is 2. The number of aromatic nitrogens is 2. The molecule has 2 saturated heterocycles. The van der Waals surface area contributed by atoms with Crippen LogP contribution in [-0.2, 0) is 4.79 Å². The van der Waals surface area contributed by atoms with E-state index in [4.69, 9.17) is 4.98 Å². The van der Waals surface area contributed by atoms with Crippen molar-refractivity contribution in [2.45, 2.75) is 76.8 Å². The lowest BCUT2D eigenvalue weighted by molar-refractivity contribution is -0.135. The molecule has 2 aliphatic heterocycles. The van der Waals surface area contributed by atoms with E-state index in [9.17, 15) is 4.79 Å². The molecule has 1 aliphatic carbocycles. The highest BCUT2D eigenvalue weighted by atomic mass is 16.2. The first-order valence-electron chi connectivity index (χ1n) is 12.6. The molecule has 4 heterocycles. The summed E-state index contributed by atoms with van der Waals surface area (Å²) in [6.07, 6.45) is 9.97. The Morgan fingerprint density at radius 2 is 1.97 bits per heavy atom. The first kappa shape index (κ1) is 22.3. The molecule has 5 rings (SSSR count). The van der Waals surface area contributed by atoms with Gasteiger partial charge in [-0.15, -0.1) is 0 Å². The molecular formula is C26H36N6O. The number of hydrogen-bond donors (Lipinski definition) is 3. The van der Waals surface area contributed by atoms with Crippen molar-refractivity contribution in [1.82, 2.24) is 25.7 Å². The molecule has 3 aliphatic rings. The van der Waals surface area contributed by atoms with Crippen molar-refractivity contribution in [3.05, 3.63) is 47.4 Å². The SMILES string of the molecule is Cc1cc(Nc2ncccc2C)cc(C2CCCN(C(=O)C3NNC4CCCCCC43)C2)n1. The molecule has 0 bridgehead atoms. The topological polar surface area (TPSA) is 82.2 Å². The largest absolute Gasteiger partial charge is 0.341 e. The number of hydrazine groups is 1. The monoisotopic (exact) mass is 448 g/mol. The first-order valence-corrected chi connectivity index (χ1v) is 12.6. The molecule has 2 aromatic heterocycles. The fourth-order valence-corrected chi connectivity index (χ4v) is 5.81. The lowest BCUT2D eigenvalue weighted by atomic mass is 9.88. The summed E-state index contributed by atoms with van der Waals surface area (Å²) >= 11 is 0. The number of fused-ring (bicyclic) bond motifs is 1. The van der Waals surface area contributed by atoms with E-state index in [1.807, 2.05) is 13.0 Å². The third-order valence-corrected chi connectivity index (χ3v) is 7.58. The molecule has 7 heteroatoms. The summed E-state index contributed by atoms with van der Waals surface area (Å²) in [6.45, 7) is 5.67. The zero-order valence-corrected chi connectivity index (χ0v) is 19.8. The third kappa shape index (κ3) is 4.89. The van der Waals surface area contributed by atoms with Crippen molar-refractivity contribution in [3.63, 3.8) is 0 Å². The van der Waals surface area contributed by atoms with Crippen LogP contribution < -0.4 is 16.2 Å². The molecule has 4 unspecified atom stereocenters. The maximum atomic E-state index is 13.5. The van der Waals surface area contributed by atoms with E-state index in [0.717, 1.165) is 60.8 Å². The van der Waals surface area contributed by atoms with Gasteiger partial charge in [-0.05, 0) is 63.3 Å². The van der Waals surface area contributed by atoms with Crippen LogP contribution in [0.3, 0.4) is 0 Å². The number of rotatable bonds is 4. The zero-order chi connectivity index (χ0) is 22.8. The Labute approximate surface area is 196 Å². The fourth-order valence-electron chi connectivity index (χ4n) is 5.81. The van der Waals surface area contributed by atoms with E-state index >= 15 is 0 Å². The van der Waals surface area contributed by atoms with Crippen molar-refractivity contribution in [2.24, 2.45) is 5.92 Å². The second-order valence-corrected chi connectivity index (χ2v) is 10.0. The molecule has 0 radical (unpaired) electrons. The predicted octanol–water partition coefficient (Wildman–Crippen LogP) is 3.97. The number of aryl methyl sites for hydroxylation is 2. The molecule has 33 heavy (non-hydrogen) atoms. The van der Waals surface area contributed by atoms with Gasteiger partial charge in [0.2, 0.25) is 5.91 Å². The molecule has 3 N–H and O–H groups in total. The van der Waals surface area contributed by atoms with E-state index in [0.29, 0.717) is 12.0 Å². The Hall–Kier alpha value is -2.51. The summed E-state index contributed by atoms with van der Waals surface area (Å²) in [6, 6.07) is 8.54. The Bertz CT molecular complexity index is 994. The van der Waals surface area contributed by atoms with Crippen LogP contribution in [0.5, 0.6) is 0 Å². The Balaban J connectivity index is 1.30. The van der Waals surface area contributed by atoms with Crippen LogP contribution >= 0.6 is 0 Å². The van der Waals surface area contributed by atoms with Gasteiger partial charge < -0.3 is 10.2 Å². The number of hydrogen-bond acceptors (Lipinski definition) is 6. The smallest absolute Gasteiger partial charge is 0.241 e. The van der Waals surface area contributed by atoms with Gasteiger partial charge in [0.25, 0.3) is 0 Å². The average molecular weight is 449 g/mol. The Morgan fingerprint density at radius 1 is 1.09 bits per heavy atom. The van der Waals surface area contributed by atoms with Crippen molar-refractivity contribution in [3.8, 4) is 0 Å². The highest BCUT2D eigenvalue weighted by molar-refractivity contribution is 5.83. The van der Waals surface area contributed by atoms with Gasteiger partial charge in [0.05, 0.1) is 0 Å². The molecule has 4 atom stereocenters. The van der Waals surface area contributed by atoms with Crippen molar-refractivity contribution >= 4 is 17.4 Å². The number of likely N-dealkylation sites (tertiary alicyclic amines) is 1. The van der Waals surface area contributed by atoms with Crippen molar-refractivity contribution in [1.29, 1.82) is 0 Å². The normalized spacial score (nSPS) is 27.6. The number of amides is 1. The van der Waals surface area contributed by atoms with E-state index < -0.39 is 0 Å². The number of anilines is 2. The maximum absolute atomic E-state index is 13.5. The summed E-state index contributed by atoms with van der Waals surface area (Å²) < 4.78 is 0. The molecular weight excluding hydrogens is 412 g/mol. The van der Waals surface area contributed by atoms with Gasteiger partial charge in [0, 0.05) is 54.2 Å². The van der Waals surface area contributed by atoms with E-state index in [1.165, 1.54) is 25.7 Å². The zero-order valence-electron chi connectivity index (χ0n) is 19.8. The molecule has 2 aromatic rings. The van der Waals surface area contributed by atoms with E-state index in [-0.39, 0.29) is 17.9 Å². The van der Waals surface area contributed by atoms with E-state index in [1.54, 1.807) is 6.20 Å². The summed E-state index contributed by atoms with van der Waals surface area (Å²) in [5.74, 6) is 1.80. The summed E-state index contributed by atoms with van der Waals surface area (Å²) in [5.41, 5.74) is 10.9. The molecule has 3 fully saturated rings. The Morgan fingerprint density at radius 3 is 2.85 bits per heavy atom. The quantitative estimate of drug-likeness (QED) is 0.657. The van der Waals surface area contributed by atoms with Crippen LogP contribution in [-0.4, -0.2) is 45.9 Å². The molecule has 0 spiro atoms. The highest BCUT2D eigenvalue weighted by Gasteiger charge is 2.42. The minimum Gasteiger partial charge on any atom is -0.341 e. The fraction of sp³-hybridized carbons (Fsp3) is 0.577. The van der Waals surface area contributed by atoms with Gasteiger partial charge in [-0.25, -0.2) is 10.4 Å². The lowest BCUT2D eigenvalue weighted by Crippen LogP contribution is -2.50. The third-order valence-electron chi connectivity index (χ3n) is 7.58. The minimum atomic E-state index is -0.0957. The summed E-state index contributed by atoms with van der Waals surface area (Å²) in [4.78, 5) is 25.0. The summed E-state index contributed by atoms with van der Waals surface area (Å²) in [7, 11) is 0. The molecule has 176 valence electrons. The van der Waals surface area contributed by atoms with Gasteiger partial charge in [-0.3, -0.25) is 15.2 Å². The summed E-state index contributed by atoms with van der Waals surface area (Å²) in [5, 5.41) is 3.46. The van der Waals surface area contributed by atoms with E-state index in [2.05, 4.69) is 51.2 Å². The van der Waals surface area contributed by atoms with Gasteiger partial charge >= 0.3 is 0 Å². The van der Waals surface area contributed by atoms with Gasteiger partial charge in [0.15, 0.2) is 0 Å². The lowest BCUT2D eigenvalue weighted by Gasteiger charge is -2.35. The van der Waals surface area contributed by atoms with Crippen LogP contribution in [0.25, 0.3) is 0 Å². The van der Waals surface area contributed by atoms with Crippen LogP contribution in [0.2, 0.25) is 0 Å². The molecule has 1 saturated carbocycles. The number of carbonyl (C=O) groups excluding carboxylic acids is 1. The van der Waals surface area contributed by atoms with Crippen LogP contribution in [0.1, 0.15) is 67.8 Å². The van der Waals surface area contributed by atoms with Crippen molar-refractivity contribution < 1.29 is 4.79 Å². The van der Waals surface area contributed by atoms with Gasteiger partial charge in [-0.2, -0.15) is 0 Å². The maximum Gasteiger partial charge on any atom is 0.241 e. The van der Waals surface area contributed by atoms with Gasteiger partial charge in [0.1, 0.15) is 11.9 Å². The van der Waals surface area contributed by atoms with Gasteiger partial charge in [-0.1, -0.05) is 25.3 Å². The second kappa shape index (κ2) is 9.77. The second-order valence-electron chi connectivity index (χ2n) is 10.0. The minimum absolute atomic E-state index is 0.0957. The van der Waals surface area contributed by atoms with Crippen molar-refractivity contribution in [2.75, 3.05) is 18.4 Å². The number of nitrogens with one attached hydrogen (secondary N) is 3. The highest BCUT2D eigenvalue weighted by Crippen LogP contribution is 2.33. The first-order chi connectivity index (χ1) is 16.1. The molecule has 7 nitrogen and oxygen atoms in total. The Kier molecular flexibility index (Phi) is 6.60. The molecule has 1 amide bonds.